The summed E-state index contributed by atoms with van der Waals surface area (Å²) in [5.74, 6) is -0.211. The van der Waals surface area contributed by atoms with E-state index in [1.165, 1.54) is 16.3 Å². The molecule has 4 aromatic carbocycles. The maximum absolute atomic E-state index is 11.8. The van der Waals surface area contributed by atoms with E-state index in [1.807, 2.05) is 30.3 Å². The van der Waals surface area contributed by atoms with E-state index in [2.05, 4.69) is 71.6 Å². The molecule has 0 aliphatic carbocycles. The number of carbonyl (C=O) groups is 1. The smallest absolute Gasteiger partial charge is 0.307 e. The van der Waals surface area contributed by atoms with Crippen molar-refractivity contribution >= 4 is 16.7 Å². The molecule has 4 aromatic rings. The molecule has 0 saturated carbocycles. The normalized spacial score (nSPS) is 17.4. The van der Waals surface area contributed by atoms with Gasteiger partial charge in [-0.2, -0.15) is 0 Å². The van der Waals surface area contributed by atoms with Crippen molar-refractivity contribution in [3.63, 3.8) is 0 Å². The Morgan fingerprint density at radius 3 is 2.44 bits per heavy atom. The van der Waals surface area contributed by atoms with Crippen LogP contribution in [0.15, 0.2) is 97.1 Å². The first kappa shape index (κ1) is 22.2. The van der Waals surface area contributed by atoms with E-state index in [4.69, 9.17) is 4.74 Å². The molecule has 1 aliphatic rings. The zero-order valence-electron chi connectivity index (χ0n) is 19.1. The maximum atomic E-state index is 11.8. The summed E-state index contributed by atoms with van der Waals surface area (Å²) in [4.78, 5) is 14.1. The molecule has 2 unspecified atom stereocenters. The third kappa shape index (κ3) is 4.82. The van der Waals surface area contributed by atoms with Gasteiger partial charge < -0.3 is 9.84 Å². The summed E-state index contributed by atoms with van der Waals surface area (Å²) in [5.41, 5.74) is 3.49. The SMILES string of the molecule is O=C(O)C1CCCN(C(c2ccc(OCc3ccccc3)cc2)c2cccc3ccccc23)C1. The zero-order valence-corrected chi connectivity index (χ0v) is 19.1. The molecule has 1 heterocycles. The Bertz CT molecular complexity index is 1250. The molecule has 5 rings (SSSR count). The van der Waals surface area contributed by atoms with Crippen LogP contribution in [0, 0.1) is 5.92 Å². The average molecular weight is 452 g/mol. The second-order valence-corrected chi connectivity index (χ2v) is 8.99. The molecule has 172 valence electrons. The van der Waals surface area contributed by atoms with Gasteiger partial charge in [0.25, 0.3) is 0 Å². The predicted octanol–water partition coefficient (Wildman–Crippen LogP) is 6.30. The van der Waals surface area contributed by atoms with Crippen LogP contribution in [0.2, 0.25) is 0 Å². The number of hydrogen-bond acceptors (Lipinski definition) is 3. The van der Waals surface area contributed by atoms with Crippen LogP contribution in [0.4, 0.5) is 0 Å². The number of fused-ring (bicyclic) bond motifs is 1. The lowest BCUT2D eigenvalue weighted by molar-refractivity contribution is -0.143. The topological polar surface area (TPSA) is 49.8 Å². The van der Waals surface area contributed by atoms with Crippen LogP contribution in [-0.4, -0.2) is 29.1 Å². The van der Waals surface area contributed by atoms with Crippen LogP contribution in [-0.2, 0) is 11.4 Å². The van der Waals surface area contributed by atoms with E-state index in [0.29, 0.717) is 13.2 Å². The fourth-order valence-electron chi connectivity index (χ4n) is 5.01. The van der Waals surface area contributed by atoms with Crippen molar-refractivity contribution in [1.29, 1.82) is 0 Å². The molecule has 4 heteroatoms. The van der Waals surface area contributed by atoms with Crippen LogP contribution >= 0.6 is 0 Å². The molecule has 0 spiro atoms. The van der Waals surface area contributed by atoms with E-state index in [0.717, 1.165) is 36.3 Å². The first-order chi connectivity index (χ1) is 16.7. The van der Waals surface area contributed by atoms with Gasteiger partial charge in [-0.05, 0) is 59.0 Å². The summed E-state index contributed by atoms with van der Waals surface area (Å²) >= 11 is 0. The summed E-state index contributed by atoms with van der Waals surface area (Å²) in [6.45, 7) is 1.96. The molecule has 0 bridgehead atoms. The highest BCUT2D eigenvalue weighted by Gasteiger charge is 2.32. The minimum absolute atomic E-state index is 0.0172. The van der Waals surface area contributed by atoms with Gasteiger partial charge in [-0.1, -0.05) is 84.9 Å². The number of aliphatic carboxylic acids is 1. The number of likely N-dealkylation sites (tertiary alicyclic amines) is 1. The molecule has 1 saturated heterocycles. The Labute approximate surface area is 200 Å². The van der Waals surface area contributed by atoms with Crippen LogP contribution in [0.5, 0.6) is 5.75 Å². The van der Waals surface area contributed by atoms with Crippen LogP contribution in [0.25, 0.3) is 10.8 Å². The van der Waals surface area contributed by atoms with Gasteiger partial charge in [-0.25, -0.2) is 0 Å². The molecule has 0 amide bonds. The number of benzene rings is 4. The van der Waals surface area contributed by atoms with Crippen molar-refractivity contribution in [2.24, 2.45) is 5.92 Å². The summed E-state index contributed by atoms with van der Waals surface area (Å²) in [6, 6.07) is 33.2. The van der Waals surface area contributed by atoms with Gasteiger partial charge in [0.1, 0.15) is 12.4 Å². The van der Waals surface area contributed by atoms with E-state index in [1.54, 1.807) is 0 Å². The van der Waals surface area contributed by atoms with Crippen molar-refractivity contribution in [2.45, 2.75) is 25.5 Å². The number of rotatable bonds is 7. The monoisotopic (exact) mass is 451 g/mol. The lowest BCUT2D eigenvalue weighted by atomic mass is 9.89. The molecule has 0 radical (unpaired) electrons. The van der Waals surface area contributed by atoms with Gasteiger partial charge in [-0.15, -0.1) is 0 Å². The zero-order chi connectivity index (χ0) is 23.3. The minimum atomic E-state index is -0.703. The summed E-state index contributed by atoms with van der Waals surface area (Å²) in [5, 5.41) is 12.1. The lowest BCUT2D eigenvalue weighted by Crippen LogP contribution is -2.41. The Kier molecular flexibility index (Phi) is 6.59. The van der Waals surface area contributed by atoms with Gasteiger partial charge in [0.2, 0.25) is 0 Å². The van der Waals surface area contributed by atoms with Crippen molar-refractivity contribution in [1.82, 2.24) is 4.90 Å². The number of piperidine rings is 1. The number of nitrogens with zero attached hydrogens (tertiary/aromatic N) is 1. The fourth-order valence-corrected chi connectivity index (χ4v) is 5.01. The molecule has 1 aliphatic heterocycles. The number of carboxylic acids is 1. The van der Waals surface area contributed by atoms with Gasteiger partial charge in [0.15, 0.2) is 0 Å². The Hall–Kier alpha value is -3.63. The highest BCUT2D eigenvalue weighted by Crippen LogP contribution is 2.37. The molecule has 4 nitrogen and oxygen atoms in total. The lowest BCUT2D eigenvalue weighted by Gasteiger charge is -2.38. The van der Waals surface area contributed by atoms with Crippen LogP contribution in [0.3, 0.4) is 0 Å². The van der Waals surface area contributed by atoms with E-state index < -0.39 is 5.97 Å². The van der Waals surface area contributed by atoms with Crippen LogP contribution in [0.1, 0.15) is 35.6 Å². The van der Waals surface area contributed by atoms with Gasteiger partial charge in [-0.3, -0.25) is 9.69 Å². The quantitative estimate of drug-likeness (QED) is 0.358. The van der Waals surface area contributed by atoms with E-state index >= 15 is 0 Å². The molecule has 2 atom stereocenters. The van der Waals surface area contributed by atoms with Crippen molar-refractivity contribution < 1.29 is 14.6 Å². The fraction of sp³-hybridized carbons (Fsp3) is 0.233. The molecule has 1 fully saturated rings. The third-order valence-corrected chi connectivity index (χ3v) is 6.73. The number of ether oxygens (including phenoxy) is 1. The van der Waals surface area contributed by atoms with E-state index in [9.17, 15) is 9.90 Å². The maximum Gasteiger partial charge on any atom is 0.307 e. The van der Waals surface area contributed by atoms with Gasteiger partial charge in [0, 0.05) is 6.54 Å². The van der Waals surface area contributed by atoms with Crippen molar-refractivity contribution in [3.05, 3.63) is 114 Å². The van der Waals surface area contributed by atoms with Crippen molar-refractivity contribution in [2.75, 3.05) is 13.1 Å². The summed E-state index contributed by atoms with van der Waals surface area (Å²) < 4.78 is 6.01. The van der Waals surface area contributed by atoms with Crippen LogP contribution < -0.4 is 4.74 Å². The third-order valence-electron chi connectivity index (χ3n) is 6.73. The molecule has 34 heavy (non-hydrogen) atoms. The van der Waals surface area contributed by atoms with E-state index in [-0.39, 0.29) is 12.0 Å². The largest absolute Gasteiger partial charge is 0.489 e. The highest BCUT2D eigenvalue weighted by atomic mass is 16.5. The minimum Gasteiger partial charge on any atom is -0.489 e. The Balaban J connectivity index is 1.47. The summed E-state index contributed by atoms with van der Waals surface area (Å²) in [7, 11) is 0. The molecule has 0 aromatic heterocycles. The number of hydrogen-bond donors (Lipinski definition) is 1. The van der Waals surface area contributed by atoms with Gasteiger partial charge >= 0.3 is 5.97 Å². The Morgan fingerprint density at radius 2 is 1.65 bits per heavy atom. The second-order valence-electron chi connectivity index (χ2n) is 8.99. The number of carboxylic acid groups (broad SMARTS) is 1. The van der Waals surface area contributed by atoms with Crippen molar-refractivity contribution in [3.8, 4) is 5.75 Å². The molecule has 1 N–H and O–H groups in total. The Morgan fingerprint density at radius 1 is 0.912 bits per heavy atom. The molecular formula is C30H29NO3. The average Bonchev–Trinajstić information content (AvgIpc) is 2.89. The standard InChI is InChI=1S/C30H29NO3/c32-30(33)25-12-7-19-31(20-25)29(28-14-6-11-23-10-4-5-13-27(23)28)24-15-17-26(18-16-24)34-21-22-8-2-1-3-9-22/h1-6,8-11,13-18,25,29H,7,12,19-21H2,(H,32,33). The first-order valence-electron chi connectivity index (χ1n) is 11.9. The summed E-state index contributed by atoms with van der Waals surface area (Å²) in [6.07, 6.45) is 1.62. The first-order valence-corrected chi connectivity index (χ1v) is 11.9. The van der Waals surface area contributed by atoms with Gasteiger partial charge in [0.05, 0.1) is 12.0 Å². The highest BCUT2D eigenvalue weighted by molar-refractivity contribution is 5.86. The molecular weight excluding hydrogens is 422 g/mol. The predicted molar refractivity (Wildman–Crippen MR) is 135 cm³/mol. The second kappa shape index (κ2) is 10.1.